The lowest BCUT2D eigenvalue weighted by Crippen LogP contribution is -2.08. The van der Waals surface area contributed by atoms with Crippen molar-refractivity contribution in [3.63, 3.8) is 0 Å². The van der Waals surface area contributed by atoms with Gasteiger partial charge in [-0.05, 0) is 49.7 Å². The minimum Gasteiger partial charge on any atom is -0.508 e. The van der Waals surface area contributed by atoms with Crippen LogP contribution in [0.3, 0.4) is 0 Å². The van der Waals surface area contributed by atoms with E-state index in [-0.39, 0.29) is 6.04 Å². The van der Waals surface area contributed by atoms with Crippen molar-refractivity contribution in [1.29, 1.82) is 0 Å². The minimum absolute atomic E-state index is 0.138. The van der Waals surface area contributed by atoms with Crippen molar-refractivity contribution in [1.82, 2.24) is 4.98 Å². The molecule has 0 bridgehead atoms. The Hall–Kier alpha value is -2.03. The van der Waals surface area contributed by atoms with Gasteiger partial charge in [-0.15, -0.1) is 0 Å². The molecule has 17 heavy (non-hydrogen) atoms. The second-order valence-corrected chi connectivity index (χ2v) is 4.12. The van der Waals surface area contributed by atoms with E-state index in [1.807, 2.05) is 31.2 Å². The van der Waals surface area contributed by atoms with Gasteiger partial charge in [0.1, 0.15) is 5.75 Å². The number of nitrogens with one attached hydrogen (secondary N) is 1. The lowest BCUT2D eigenvalue weighted by molar-refractivity contribution is 0.475. The molecule has 2 aromatic rings. The smallest absolute Gasteiger partial charge is 0.115 e. The summed E-state index contributed by atoms with van der Waals surface area (Å²) in [5.74, 6) is 0.290. The zero-order chi connectivity index (χ0) is 12.3. The Bertz CT molecular complexity index is 497. The lowest BCUT2D eigenvalue weighted by Gasteiger charge is -2.16. The highest BCUT2D eigenvalue weighted by atomic mass is 16.3. The number of aromatic nitrogens is 1. The summed E-state index contributed by atoms with van der Waals surface area (Å²) in [6.45, 7) is 4.03. The molecule has 1 atom stereocenters. The molecule has 0 radical (unpaired) electrons. The number of nitrogens with zero attached hydrogens (tertiary/aromatic N) is 1. The molecule has 3 heteroatoms. The molecule has 1 aromatic heterocycles. The lowest BCUT2D eigenvalue weighted by atomic mass is 10.1. The SMILES string of the molecule is Cc1cc(O)ccc1NC(C)c1ccccn1. The third-order valence-corrected chi connectivity index (χ3v) is 2.71. The highest BCUT2D eigenvalue weighted by Crippen LogP contribution is 2.24. The number of aryl methyl sites for hydroxylation is 1. The molecule has 0 aliphatic carbocycles. The van der Waals surface area contributed by atoms with Gasteiger partial charge in [0.05, 0.1) is 11.7 Å². The molecular weight excluding hydrogens is 212 g/mol. The number of rotatable bonds is 3. The van der Waals surface area contributed by atoms with Crippen molar-refractivity contribution in [2.75, 3.05) is 5.32 Å². The van der Waals surface area contributed by atoms with Crippen molar-refractivity contribution in [2.45, 2.75) is 19.9 Å². The molecule has 88 valence electrons. The van der Waals surface area contributed by atoms with Gasteiger partial charge in [0, 0.05) is 11.9 Å². The molecule has 2 rings (SSSR count). The maximum Gasteiger partial charge on any atom is 0.115 e. The fourth-order valence-electron chi connectivity index (χ4n) is 1.75. The van der Waals surface area contributed by atoms with E-state index in [2.05, 4.69) is 17.2 Å². The van der Waals surface area contributed by atoms with Gasteiger partial charge in [-0.2, -0.15) is 0 Å². The number of phenols is 1. The minimum atomic E-state index is 0.138. The van der Waals surface area contributed by atoms with Crippen LogP contribution in [0.15, 0.2) is 42.6 Å². The predicted octanol–water partition coefficient (Wildman–Crippen LogP) is 3.27. The van der Waals surface area contributed by atoms with Gasteiger partial charge in [0.25, 0.3) is 0 Å². The van der Waals surface area contributed by atoms with E-state index in [0.717, 1.165) is 16.9 Å². The van der Waals surface area contributed by atoms with Gasteiger partial charge in [0.2, 0.25) is 0 Å². The van der Waals surface area contributed by atoms with Crippen LogP contribution in [-0.2, 0) is 0 Å². The molecule has 0 saturated carbocycles. The first kappa shape index (κ1) is 11.5. The van der Waals surface area contributed by atoms with Gasteiger partial charge in [-0.3, -0.25) is 4.98 Å². The quantitative estimate of drug-likeness (QED) is 0.792. The normalized spacial score (nSPS) is 12.1. The number of benzene rings is 1. The molecule has 0 aliphatic heterocycles. The predicted molar refractivity (Wildman–Crippen MR) is 69.1 cm³/mol. The Morgan fingerprint density at radius 3 is 2.71 bits per heavy atom. The molecule has 1 aromatic carbocycles. The van der Waals surface area contributed by atoms with E-state index in [4.69, 9.17) is 0 Å². The maximum absolute atomic E-state index is 9.35. The van der Waals surface area contributed by atoms with E-state index < -0.39 is 0 Å². The second kappa shape index (κ2) is 4.87. The molecule has 3 nitrogen and oxygen atoms in total. The van der Waals surface area contributed by atoms with Crippen LogP contribution in [0.5, 0.6) is 5.75 Å². The Balaban J connectivity index is 2.16. The molecule has 1 heterocycles. The van der Waals surface area contributed by atoms with Crippen LogP contribution in [0.1, 0.15) is 24.2 Å². The standard InChI is InChI=1S/C14H16N2O/c1-10-9-12(17)6-7-13(10)16-11(2)14-5-3-4-8-15-14/h3-9,11,16-17H,1-2H3. The van der Waals surface area contributed by atoms with Crippen molar-refractivity contribution in [3.05, 3.63) is 53.9 Å². The van der Waals surface area contributed by atoms with Crippen molar-refractivity contribution in [3.8, 4) is 5.75 Å². The van der Waals surface area contributed by atoms with E-state index in [0.29, 0.717) is 5.75 Å². The van der Waals surface area contributed by atoms with E-state index in [1.165, 1.54) is 0 Å². The third-order valence-electron chi connectivity index (χ3n) is 2.71. The highest BCUT2D eigenvalue weighted by Gasteiger charge is 2.07. The summed E-state index contributed by atoms with van der Waals surface area (Å²) >= 11 is 0. The number of pyridine rings is 1. The van der Waals surface area contributed by atoms with Crippen LogP contribution in [0.2, 0.25) is 0 Å². The number of anilines is 1. The fourth-order valence-corrected chi connectivity index (χ4v) is 1.75. The first-order valence-corrected chi connectivity index (χ1v) is 5.64. The number of hydrogen-bond acceptors (Lipinski definition) is 3. The van der Waals surface area contributed by atoms with Gasteiger partial charge in [-0.25, -0.2) is 0 Å². The Kier molecular flexibility index (Phi) is 3.28. The van der Waals surface area contributed by atoms with Crippen LogP contribution < -0.4 is 5.32 Å². The summed E-state index contributed by atoms with van der Waals surface area (Å²) in [6, 6.07) is 11.3. The molecular formula is C14H16N2O. The first-order valence-electron chi connectivity index (χ1n) is 5.64. The Morgan fingerprint density at radius 2 is 2.06 bits per heavy atom. The van der Waals surface area contributed by atoms with Crippen LogP contribution in [0.4, 0.5) is 5.69 Å². The van der Waals surface area contributed by atoms with E-state index in [9.17, 15) is 5.11 Å². The molecule has 0 fully saturated rings. The summed E-state index contributed by atoms with van der Waals surface area (Å²) in [4.78, 5) is 4.31. The Labute approximate surface area is 101 Å². The average molecular weight is 228 g/mol. The molecule has 0 saturated heterocycles. The summed E-state index contributed by atoms with van der Waals surface area (Å²) in [5, 5.41) is 12.7. The zero-order valence-electron chi connectivity index (χ0n) is 10.0. The fraction of sp³-hybridized carbons (Fsp3) is 0.214. The van der Waals surface area contributed by atoms with Gasteiger partial charge < -0.3 is 10.4 Å². The van der Waals surface area contributed by atoms with Gasteiger partial charge in [0.15, 0.2) is 0 Å². The van der Waals surface area contributed by atoms with Gasteiger partial charge in [-0.1, -0.05) is 6.07 Å². The molecule has 2 N–H and O–H groups in total. The van der Waals surface area contributed by atoms with Crippen molar-refractivity contribution in [2.24, 2.45) is 0 Å². The molecule has 0 spiro atoms. The monoisotopic (exact) mass is 228 g/mol. The second-order valence-electron chi connectivity index (χ2n) is 4.12. The summed E-state index contributed by atoms with van der Waals surface area (Å²) in [5.41, 5.74) is 3.04. The molecule has 0 aliphatic rings. The maximum atomic E-state index is 9.35. The summed E-state index contributed by atoms with van der Waals surface area (Å²) in [6.07, 6.45) is 1.79. The van der Waals surface area contributed by atoms with Crippen LogP contribution >= 0.6 is 0 Å². The first-order chi connectivity index (χ1) is 8.16. The summed E-state index contributed by atoms with van der Waals surface area (Å²) in [7, 11) is 0. The van der Waals surface area contributed by atoms with Crippen molar-refractivity contribution < 1.29 is 5.11 Å². The average Bonchev–Trinajstić information content (AvgIpc) is 2.34. The molecule has 0 amide bonds. The number of aromatic hydroxyl groups is 1. The van der Waals surface area contributed by atoms with E-state index >= 15 is 0 Å². The van der Waals surface area contributed by atoms with Crippen LogP contribution in [-0.4, -0.2) is 10.1 Å². The zero-order valence-corrected chi connectivity index (χ0v) is 10.0. The van der Waals surface area contributed by atoms with Gasteiger partial charge >= 0.3 is 0 Å². The van der Waals surface area contributed by atoms with Crippen molar-refractivity contribution >= 4 is 5.69 Å². The number of hydrogen-bond donors (Lipinski definition) is 2. The third kappa shape index (κ3) is 2.75. The molecule has 1 unspecified atom stereocenters. The van der Waals surface area contributed by atoms with E-state index in [1.54, 1.807) is 18.3 Å². The highest BCUT2D eigenvalue weighted by molar-refractivity contribution is 5.54. The summed E-state index contributed by atoms with van der Waals surface area (Å²) < 4.78 is 0. The Morgan fingerprint density at radius 1 is 1.24 bits per heavy atom. The number of phenolic OH excluding ortho intramolecular Hbond substituents is 1. The van der Waals surface area contributed by atoms with Crippen LogP contribution in [0.25, 0.3) is 0 Å². The largest absolute Gasteiger partial charge is 0.508 e. The van der Waals surface area contributed by atoms with Crippen LogP contribution in [0, 0.1) is 6.92 Å². The topological polar surface area (TPSA) is 45.1 Å².